The summed E-state index contributed by atoms with van der Waals surface area (Å²) in [5, 5.41) is 5.89. The number of methoxy groups -OCH3 is 1. The van der Waals surface area contributed by atoms with E-state index in [1.54, 1.807) is 68.6 Å². The molecule has 7 heteroatoms. The first-order valence-corrected chi connectivity index (χ1v) is 9.05. The second-order valence-electron chi connectivity index (χ2n) is 6.01. The Balaban J connectivity index is 1.68. The van der Waals surface area contributed by atoms with E-state index in [9.17, 15) is 9.59 Å². The number of carbonyl (C=O) groups excluding carboxylic acids is 2. The molecule has 0 atom stereocenters. The molecule has 2 aromatic carbocycles. The quantitative estimate of drug-likeness (QED) is 0.585. The molecule has 0 aliphatic heterocycles. The molecular formula is C22H21N3O4. The van der Waals surface area contributed by atoms with Crippen molar-refractivity contribution in [3.05, 3.63) is 78.0 Å². The molecule has 0 spiro atoms. The highest BCUT2D eigenvalue weighted by atomic mass is 16.5. The van der Waals surface area contributed by atoms with Gasteiger partial charge in [0.25, 0.3) is 5.91 Å². The van der Waals surface area contributed by atoms with Crippen molar-refractivity contribution in [3.8, 4) is 5.75 Å². The predicted molar refractivity (Wildman–Crippen MR) is 111 cm³/mol. The minimum absolute atomic E-state index is 0.247. The van der Waals surface area contributed by atoms with Crippen LogP contribution in [-0.2, 0) is 4.74 Å². The number of aromatic nitrogens is 1. The fraction of sp³-hybridized carbons (Fsp3) is 0.136. The van der Waals surface area contributed by atoms with Crippen molar-refractivity contribution in [2.75, 3.05) is 24.4 Å². The summed E-state index contributed by atoms with van der Waals surface area (Å²) in [4.78, 5) is 28.7. The average molecular weight is 391 g/mol. The lowest BCUT2D eigenvalue weighted by atomic mass is 10.2. The number of amides is 1. The number of pyridine rings is 1. The lowest BCUT2D eigenvalue weighted by Crippen LogP contribution is -2.12. The maximum Gasteiger partial charge on any atom is 0.340 e. The van der Waals surface area contributed by atoms with Gasteiger partial charge in [0, 0.05) is 5.56 Å². The third-order valence-electron chi connectivity index (χ3n) is 4.06. The molecule has 3 rings (SSSR count). The van der Waals surface area contributed by atoms with E-state index in [1.165, 1.54) is 6.20 Å². The van der Waals surface area contributed by atoms with Crippen LogP contribution in [0.1, 0.15) is 27.6 Å². The van der Waals surface area contributed by atoms with Crippen molar-refractivity contribution in [2.45, 2.75) is 6.92 Å². The molecule has 148 valence electrons. The highest BCUT2D eigenvalue weighted by Gasteiger charge is 2.12. The molecule has 0 bridgehead atoms. The predicted octanol–water partition coefficient (Wildman–Crippen LogP) is 4.26. The normalized spacial score (nSPS) is 10.1. The number of hydrogen-bond acceptors (Lipinski definition) is 6. The van der Waals surface area contributed by atoms with Crippen LogP contribution in [0.25, 0.3) is 0 Å². The van der Waals surface area contributed by atoms with Gasteiger partial charge in [0.2, 0.25) is 0 Å². The van der Waals surface area contributed by atoms with Crippen LogP contribution in [0.15, 0.2) is 66.9 Å². The summed E-state index contributed by atoms with van der Waals surface area (Å²) in [7, 11) is 1.57. The molecule has 2 N–H and O–H groups in total. The van der Waals surface area contributed by atoms with Gasteiger partial charge in [-0.15, -0.1) is 0 Å². The zero-order valence-corrected chi connectivity index (χ0v) is 16.1. The maximum atomic E-state index is 12.3. The number of anilines is 3. The number of rotatable bonds is 7. The first kappa shape index (κ1) is 19.9. The topological polar surface area (TPSA) is 89.6 Å². The van der Waals surface area contributed by atoms with E-state index in [-0.39, 0.29) is 5.91 Å². The van der Waals surface area contributed by atoms with Crippen LogP contribution in [-0.4, -0.2) is 30.6 Å². The van der Waals surface area contributed by atoms with Gasteiger partial charge in [-0.3, -0.25) is 4.79 Å². The fourth-order valence-electron chi connectivity index (χ4n) is 2.60. The molecule has 0 radical (unpaired) electrons. The summed E-state index contributed by atoms with van der Waals surface area (Å²) in [5.41, 5.74) is 2.08. The zero-order chi connectivity index (χ0) is 20.6. The second kappa shape index (κ2) is 9.36. The van der Waals surface area contributed by atoms with Gasteiger partial charge in [-0.25, -0.2) is 9.78 Å². The highest BCUT2D eigenvalue weighted by molar-refractivity contribution is 6.04. The van der Waals surface area contributed by atoms with E-state index in [0.29, 0.717) is 40.7 Å². The first-order valence-electron chi connectivity index (χ1n) is 9.05. The summed E-state index contributed by atoms with van der Waals surface area (Å²) in [6, 6.07) is 17.3. The van der Waals surface area contributed by atoms with E-state index in [2.05, 4.69) is 15.6 Å². The minimum Gasteiger partial charge on any atom is -0.497 e. The van der Waals surface area contributed by atoms with Crippen LogP contribution in [0.2, 0.25) is 0 Å². The number of nitrogens with one attached hydrogen (secondary N) is 2. The molecule has 29 heavy (non-hydrogen) atoms. The lowest BCUT2D eigenvalue weighted by molar-refractivity contribution is 0.0527. The fourth-order valence-corrected chi connectivity index (χ4v) is 2.60. The van der Waals surface area contributed by atoms with E-state index in [4.69, 9.17) is 9.47 Å². The summed E-state index contributed by atoms with van der Waals surface area (Å²) in [6.45, 7) is 2.06. The molecule has 0 aliphatic rings. The molecular weight excluding hydrogens is 370 g/mol. The SMILES string of the molecule is CCOC(=O)c1ccccc1Nc1ccc(NC(=O)c2ccc(OC)cc2)cn1. The molecule has 7 nitrogen and oxygen atoms in total. The average Bonchev–Trinajstić information content (AvgIpc) is 2.75. The van der Waals surface area contributed by atoms with Crippen LogP contribution in [0.5, 0.6) is 5.75 Å². The van der Waals surface area contributed by atoms with Crippen molar-refractivity contribution in [2.24, 2.45) is 0 Å². The lowest BCUT2D eigenvalue weighted by Gasteiger charge is -2.11. The summed E-state index contributed by atoms with van der Waals surface area (Å²) in [5.74, 6) is 0.563. The number of nitrogens with zero attached hydrogens (tertiary/aromatic N) is 1. The highest BCUT2D eigenvalue weighted by Crippen LogP contribution is 2.21. The zero-order valence-electron chi connectivity index (χ0n) is 16.1. The summed E-state index contributed by atoms with van der Waals surface area (Å²) < 4.78 is 10.2. The van der Waals surface area contributed by atoms with Crippen molar-refractivity contribution in [1.29, 1.82) is 0 Å². The van der Waals surface area contributed by atoms with Gasteiger partial charge in [0.1, 0.15) is 11.6 Å². The monoisotopic (exact) mass is 391 g/mol. The number of para-hydroxylation sites is 1. The Morgan fingerprint density at radius 1 is 1.00 bits per heavy atom. The number of carbonyl (C=O) groups is 2. The molecule has 1 heterocycles. The Kier molecular flexibility index (Phi) is 6.42. The van der Waals surface area contributed by atoms with Crippen LogP contribution in [0, 0.1) is 0 Å². The van der Waals surface area contributed by atoms with Crippen LogP contribution < -0.4 is 15.4 Å². The van der Waals surface area contributed by atoms with Crippen LogP contribution >= 0.6 is 0 Å². The molecule has 1 aromatic heterocycles. The van der Waals surface area contributed by atoms with Crippen molar-refractivity contribution < 1.29 is 19.1 Å². The molecule has 1 amide bonds. The van der Waals surface area contributed by atoms with Gasteiger partial charge >= 0.3 is 5.97 Å². The van der Waals surface area contributed by atoms with E-state index in [1.807, 2.05) is 6.07 Å². The Hall–Kier alpha value is -3.87. The minimum atomic E-state index is -0.404. The number of esters is 1. The van der Waals surface area contributed by atoms with Gasteiger partial charge in [-0.2, -0.15) is 0 Å². The van der Waals surface area contributed by atoms with Crippen molar-refractivity contribution in [3.63, 3.8) is 0 Å². The Labute approximate surface area is 168 Å². The smallest absolute Gasteiger partial charge is 0.340 e. The van der Waals surface area contributed by atoms with E-state index in [0.717, 1.165) is 0 Å². The Bertz CT molecular complexity index is 986. The van der Waals surface area contributed by atoms with Gasteiger partial charge in [-0.1, -0.05) is 12.1 Å². The van der Waals surface area contributed by atoms with Crippen molar-refractivity contribution >= 4 is 29.1 Å². The van der Waals surface area contributed by atoms with Gasteiger partial charge < -0.3 is 20.1 Å². The molecule has 0 fully saturated rings. The van der Waals surface area contributed by atoms with Crippen LogP contribution in [0.3, 0.4) is 0 Å². The van der Waals surface area contributed by atoms with Crippen molar-refractivity contribution in [1.82, 2.24) is 4.98 Å². The molecule has 0 aliphatic carbocycles. The molecule has 0 saturated carbocycles. The summed E-state index contributed by atoms with van der Waals surface area (Å²) >= 11 is 0. The summed E-state index contributed by atoms with van der Waals surface area (Å²) in [6.07, 6.45) is 1.54. The Morgan fingerprint density at radius 3 is 2.41 bits per heavy atom. The largest absolute Gasteiger partial charge is 0.497 e. The van der Waals surface area contributed by atoms with E-state index >= 15 is 0 Å². The van der Waals surface area contributed by atoms with Gasteiger partial charge in [0.05, 0.1) is 36.9 Å². The van der Waals surface area contributed by atoms with Gasteiger partial charge in [0.15, 0.2) is 0 Å². The van der Waals surface area contributed by atoms with Gasteiger partial charge in [-0.05, 0) is 55.5 Å². The molecule has 0 saturated heterocycles. The Morgan fingerprint density at radius 2 is 1.76 bits per heavy atom. The van der Waals surface area contributed by atoms with E-state index < -0.39 is 5.97 Å². The third-order valence-corrected chi connectivity index (χ3v) is 4.06. The maximum absolute atomic E-state index is 12.3. The number of ether oxygens (including phenoxy) is 2. The standard InChI is InChI=1S/C22H21N3O4/c1-3-29-22(27)18-6-4-5-7-19(18)25-20-13-10-16(14-23-20)24-21(26)15-8-11-17(28-2)12-9-15/h4-14H,3H2,1-2H3,(H,23,25)(H,24,26). The second-order valence-corrected chi connectivity index (χ2v) is 6.01. The molecule has 3 aromatic rings. The first-order chi connectivity index (χ1) is 14.1. The molecule has 0 unspecified atom stereocenters. The number of benzene rings is 2. The number of hydrogen-bond donors (Lipinski definition) is 2. The third kappa shape index (κ3) is 5.10. The van der Waals surface area contributed by atoms with Crippen LogP contribution in [0.4, 0.5) is 17.2 Å².